The van der Waals surface area contributed by atoms with E-state index in [2.05, 4.69) is 10.6 Å². The van der Waals surface area contributed by atoms with Gasteiger partial charge in [-0.1, -0.05) is 6.07 Å². The molecule has 128 valence electrons. The van der Waals surface area contributed by atoms with Gasteiger partial charge in [-0.3, -0.25) is 4.79 Å². The molecule has 0 bridgehead atoms. The average Bonchev–Trinajstić information content (AvgIpc) is 2.59. The standard InChI is InChI=1S/C18H28N2O3/c1-3-23-17-12-15(4-6-16(17)22-2)13-20-18(21)7-5-14-8-10-19-11-9-14/h4,6,12,14,19H,3,5,7-11,13H2,1-2H3,(H,20,21). The zero-order valence-electron chi connectivity index (χ0n) is 14.2. The van der Waals surface area contributed by atoms with Gasteiger partial charge >= 0.3 is 0 Å². The fraction of sp³-hybridized carbons (Fsp3) is 0.611. The van der Waals surface area contributed by atoms with Gasteiger partial charge in [0.05, 0.1) is 13.7 Å². The highest BCUT2D eigenvalue weighted by Crippen LogP contribution is 2.28. The van der Waals surface area contributed by atoms with Gasteiger partial charge in [0.25, 0.3) is 0 Å². The van der Waals surface area contributed by atoms with E-state index in [0.717, 1.165) is 30.8 Å². The van der Waals surface area contributed by atoms with Crippen LogP contribution in [0.2, 0.25) is 0 Å². The first-order valence-electron chi connectivity index (χ1n) is 8.50. The van der Waals surface area contributed by atoms with E-state index in [0.29, 0.717) is 31.2 Å². The number of rotatable bonds is 8. The van der Waals surface area contributed by atoms with Gasteiger partial charge in [0.1, 0.15) is 0 Å². The molecule has 0 spiro atoms. The van der Waals surface area contributed by atoms with Crippen molar-refractivity contribution in [1.82, 2.24) is 10.6 Å². The highest BCUT2D eigenvalue weighted by atomic mass is 16.5. The van der Waals surface area contributed by atoms with Gasteiger partial charge in [-0.05, 0) is 62.9 Å². The monoisotopic (exact) mass is 320 g/mol. The lowest BCUT2D eigenvalue weighted by atomic mass is 9.93. The van der Waals surface area contributed by atoms with Gasteiger partial charge in [0, 0.05) is 13.0 Å². The number of ether oxygens (including phenoxy) is 2. The summed E-state index contributed by atoms with van der Waals surface area (Å²) in [5.74, 6) is 2.24. The van der Waals surface area contributed by atoms with Crippen LogP contribution in [0.4, 0.5) is 0 Å². The molecule has 5 nitrogen and oxygen atoms in total. The van der Waals surface area contributed by atoms with Crippen molar-refractivity contribution in [2.45, 2.75) is 39.2 Å². The minimum absolute atomic E-state index is 0.123. The summed E-state index contributed by atoms with van der Waals surface area (Å²) in [6.45, 7) is 5.21. The molecule has 23 heavy (non-hydrogen) atoms. The van der Waals surface area contributed by atoms with Gasteiger partial charge in [-0.25, -0.2) is 0 Å². The lowest BCUT2D eigenvalue weighted by Gasteiger charge is -2.22. The molecule has 5 heteroatoms. The molecule has 0 atom stereocenters. The van der Waals surface area contributed by atoms with Crippen LogP contribution in [-0.4, -0.2) is 32.7 Å². The molecule has 1 fully saturated rings. The second kappa shape index (κ2) is 9.40. The maximum absolute atomic E-state index is 12.0. The number of carbonyl (C=O) groups is 1. The first-order valence-corrected chi connectivity index (χ1v) is 8.50. The van der Waals surface area contributed by atoms with E-state index in [1.807, 2.05) is 25.1 Å². The van der Waals surface area contributed by atoms with Crippen LogP contribution >= 0.6 is 0 Å². The Morgan fingerprint density at radius 2 is 2.09 bits per heavy atom. The Hall–Kier alpha value is -1.75. The summed E-state index contributed by atoms with van der Waals surface area (Å²) in [5, 5.41) is 6.35. The Kier molecular flexibility index (Phi) is 7.20. The van der Waals surface area contributed by atoms with Crippen molar-refractivity contribution in [3.8, 4) is 11.5 Å². The molecule has 1 aliphatic heterocycles. The number of hydrogen-bond donors (Lipinski definition) is 2. The quantitative estimate of drug-likeness (QED) is 0.772. The van der Waals surface area contributed by atoms with Crippen molar-refractivity contribution >= 4 is 5.91 Å². The van der Waals surface area contributed by atoms with Gasteiger partial charge in [-0.2, -0.15) is 0 Å². The average molecular weight is 320 g/mol. The minimum Gasteiger partial charge on any atom is -0.493 e. The molecule has 0 aliphatic carbocycles. The molecule has 0 radical (unpaired) electrons. The highest BCUT2D eigenvalue weighted by molar-refractivity contribution is 5.75. The summed E-state index contributed by atoms with van der Waals surface area (Å²) in [4.78, 5) is 12.0. The van der Waals surface area contributed by atoms with Crippen LogP contribution in [0.1, 0.15) is 38.2 Å². The van der Waals surface area contributed by atoms with Crippen LogP contribution in [0.3, 0.4) is 0 Å². The Balaban J connectivity index is 1.77. The Labute approximate surface area is 138 Å². The van der Waals surface area contributed by atoms with Crippen LogP contribution in [0.15, 0.2) is 18.2 Å². The molecule has 1 aromatic rings. The van der Waals surface area contributed by atoms with Crippen LogP contribution in [0.25, 0.3) is 0 Å². The summed E-state index contributed by atoms with van der Waals surface area (Å²) in [6.07, 6.45) is 3.96. The van der Waals surface area contributed by atoms with E-state index >= 15 is 0 Å². The summed E-state index contributed by atoms with van der Waals surface area (Å²) in [5.41, 5.74) is 1.02. The van der Waals surface area contributed by atoms with Crippen molar-refractivity contribution < 1.29 is 14.3 Å². The zero-order chi connectivity index (χ0) is 16.5. The third-order valence-corrected chi connectivity index (χ3v) is 4.26. The fourth-order valence-corrected chi connectivity index (χ4v) is 2.89. The Bertz CT molecular complexity index is 499. The molecule has 2 rings (SSSR count). The maximum atomic E-state index is 12.0. The topological polar surface area (TPSA) is 59.6 Å². The van der Waals surface area contributed by atoms with E-state index in [-0.39, 0.29) is 5.91 Å². The second-order valence-electron chi connectivity index (χ2n) is 5.93. The largest absolute Gasteiger partial charge is 0.493 e. The third-order valence-electron chi connectivity index (χ3n) is 4.26. The fourth-order valence-electron chi connectivity index (χ4n) is 2.89. The number of carbonyl (C=O) groups excluding carboxylic acids is 1. The summed E-state index contributed by atoms with van der Waals surface area (Å²) < 4.78 is 10.8. The third kappa shape index (κ3) is 5.75. The van der Waals surface area contributed by atoms with Gasteiger partial charge in [0.15, 0.2) is 11.5 Å². The number of amides is 1. The first kappa shape index (κ1) is 17.6. The van der Waals surface area contributed by atoms with Crippen molar-refractivity contribution in [2.75, 3.05) is 26.8 Å². The SMILES string of the molecule is CCOc1cc(CNC(=O)CCC2CCNCC2)ccc1OC. The normalized spacial score (nSPS) is 15.2. The van der Waals surface area contributed by atoms with E-state index in [9.17, 15) is 4.79 Å². The lowest BCUT2D eigenvalue weighted by Crippen LogP contribution is -2.29. The van der Waals surface area contributed by atoms with Crippen molar-refractivity contribution in [2.24, 2.45) is 5.92 Å². The Morgan fingerprint density at radius 3 is 2.78 bits per heavy atom. The number of hydrogen-bond acceptors (Lipinski definition) is 4. The molecule has 1 aliphatic rings. The predicted molar refractivity (Wildman–Crippen MR) is 90.8 cm³/mol. The molecule has 1 heterocycles. The van der Waals surface area contributed by atoms with Gasteiger partial charge < -0.3 is 20.1 Å². The van der Waals surface area contributed by atoms with Crippen LogP contribution in [0.5, 0.6) is 11.5 Å². The van der Waals surface area contributed by atoms with Crippen molar-refractivity contribution in [1.29, 1.82) is 0 Å². The van der Waals surface area contributed by atoms with Crippen molar-refractivity contribution in [3.05, 3.63) is 23.8 Å². The molecule has 1 amide bonds. The van der Waals surface area contributed by atoms with E-state index < -0.39 is 0 Å². The van der Waals surface area contributed by atoms with E-state index in [4.69, 9.17) is 9.47 Å². The highest BCUT2D eigenvalue weighted by Gasteiger charge is 2.14. The molecule has 1 saturated heterocycles. The van der Waals surface area contributed by atoms with Crippen molar-refractivity contribution in [3.63, 3.8) is 0 Å². The van der Waals surface area contributed by atoms with Crippen LogP contribution in [-0.2, 0) is 11.3 Å². The molecule has 0 unspecified atom stereocenters. The molecule has 0 aromatic heterocycles. The summed E-state index contributed by atoms with van der Waals surface area (Å²) in [6, 6.07) is 5.76. The maximum Gasteiger partial charge on any atom is 0.220 e. The smallest absolute Gasteiger partial charge is 0.220 e. The minimum atomic E-state index is 0.123. The van der Waals surface area contributed by atoms with Crippen LogP contribution < -0.4 is 20.1 Å². The molecular weight excluding hydrogens is 292 g/mol. The Morgan fingerprint density at radius 1 is 1.30 bits per heavy atom. The lowest BCUT2D eigenvalue weighted by molar-refractivity contribution is -0.121. The van der Waals surface area contributed by atoms with Gasteiger partial charge in [0.2, 0.25) is 5.91 Å². The number of piperidine rings is 1. The van der Waals surface area contributed by atoms with Crippen LogP contribution in [0, 0.1) is 5.92 Å². The first-order chi connectivity index (χ1) is 11.2. The van der Waals surface area contributed by atoms with Gasteiger partial charge in [-0.15, -0.1) is 0 Å². The number of benzene rings is 1. The molecule has 0 saturated carbocycles. The number of nitrogens with one attached hydrogen (secondary N) is 2. The predicted octanol–water partition coefficient (Wildman–Crippen LogP) is 2.49. The van der Waals surface area contributed by atoms with E-state index in [1.54, 1.807) is 7.11 Å². The molecular formula is C18H28N2O3. The second-order valence-corrected chi connectivity index (χ2v) is 5.93. The van der Waals surface area contributed by atoms with E-state index in [1.165, 1.54) is 12.8 Å². The number of methoxy groups -OCH3 is 1. The molecule has 2 N–H and O–H groups in total. The zero-order valence-corrected chi connectivity index (χ0v) is 14.2. The summed E-state index contributed by atoms with van der Waals surface area (Å²) in [7, 11) is 1.63. The molecule has 1 aromatic carbocycles. The summed E-state index contributed by atoms with van der Waals surface area (Å²) >= 11 is 0.